The first-order valence-electron chi connectivity index (χ1n) is 8.95. The van der Waals surface area contributed by atoms with Crippen molar-refractivity contribution in [3.8, 4) is 17.0 Å². The predicted molar refractivity (Wildman–Crippen MR) is 106 cm³/mol. The molecular formula is C19H23N5OS. The molecule has 1 aliphatic heterocycles. The van der Waals surface area contributed by atoms with Gasteiger partial charge in [0.15, 0.2) is 0 Å². The molecule has 0 unspecified atom stereocenters. The van der Waals surface area contributed by atoms with Crippen molar-refractivity contribution < 1.29 is 5.11 Å². The smallest absolute Gasteiger partial charge is 0.242 e. The Morgan fingerprint density at radius 3 is 3.00 bits per heavy atom. The van der Waals surface area contributed by atoms with Crippen LogP contribution >= 0.6 is 11.3 Å². The highest BCUT2D eigenvalue weighted by Gasteiger charge is 2.18. The van der Waals surface area contributed by atoms with Crippen molar-refractivity contribution in [3.05, 3.63) is 29.3 Å². The molecule has 1 aromatic carbocycles. The Bertz CT molecular complexity index is 925. The zero-order chi connectivity index (χ0) is 18.1. The summed E-state index contributed by atoms with van der Waals surface area (Å²) >= 11 is 1.61. The summed E-state index contributed by atoms with van der Waals surface area (Å²) < 4.78 is 1.06. The topological polar surface area (TPSA) is 74.2 Å². The summed E-state index contributed by atoms with van der Waals surface area (Å²) in [4.78, 5) is 6.92. The van der Waals surface area contributed by atoms with Gasteiger partial charge in [0, 0.05) is 28.7 Å². The average Bonchev–Trinajstić information content (AvgIpc) is 3.11. The lowest BCUT2D eigenvalue weighted by molar-refractivity contribution is 0.217. The number of aryl methyl sites for hydroxylation is 1. The zero-order valence-electron chi connectivity index (χ0n) is 15.1. The lowest BCUT2D eigenvalue weighted by Crippen LogP contribution is -2.35. The number of benzene rings is 1. The molecule has 0 saturated carbocycles. The first kappa shape index (κ1) is 17.2. The predicted octanol–water partition coefficient (Wildman–Crippen LogP) is 3.52. The van der Waals surface area contributed by atoms with Gasteiger partial charge < -0.3 is 15.3 Å². The van der Waals surface area contributed by atoms with Gasteiger partial charge in [-0.3, -0.25) is 0 Å². The number of phenols is 1. The van der Waals surface area contributed by atoms with E-state index in [4.69, 9.17) is 0 Å². The maximum atomic E-state index is 10.6. The second-order valence-corrected chi connectivity index (χ2v) is 7.96. The molecule has 136 valence electrons. The highest BCUT2D eigenvalue weighted by Crippen LogP contribution is 2.37. The van der Waals surface area contributed by atoms with Gasteiger partial charge in [0.05, 0.1) is 5.69 Å². The first-order chi connectivity index (χ1) is 12.6. The second kappa shape index (κ2) is 7.17. The third kappa shape index (κ3) is 3.37. The minimum absolute atomic E-state index is 0.244. The summed E-state index contributed by atoms with van der Waals surface area (Å²) in [6, 6.07) is 5.81. The van der Waals surface area contributed by atoms with E-state index < -0.39 is 0 Å². The minimum atomic E-state index is 0.244. The molecule has 0 aliphatic carbocycles. The van der Waals surface area contributed by atoms with Gasteiger partial charge in [-0.1, -0.05) is 0 Å². The van der Waals surface area contributed by atoms with Crippen LogP contribution in [-0.4, -0.2) is 51.9 Å². The van der Waals surface area contributed by atoms with Gasteiger partial charge >= 0.3 is 0 Å². The summed E-state index contributed by atoms with van der Waals surface area (Å²) in [5, 5.41) is 25.3. The Balaban J connectivity index is 1.52. The maximum absolute atomic E-state index is 10.6. The molecule has 1 aliphatic rings. The molecule has 26 heavy (non-hydrogen) atoms. The average molecular weight is 369 g/mol. The molecule has 1 saturated heterocycles. The molecule has 1 atom stereocenters. The molecule has 0 bridgehead atoms. The molecule has 2 N–H and O–H groups in total. The fourth-order valence-electron chi connectivity index (χ4n) is 3.62. The van der Waals surface area contributed by atoms with E-state index in [-0.39, 0.29) is 5.75 Å². The molecule has 7 heteroatoms. The monoisotopic (exact) mass is 369 g/mol. The normalized spacial score (nSPS) is 18.3. The zero-order valence-corrected chi connectivity index (χ0v) is 15.9. The van der Waals surface area contributed by atoms with Crippen LogP contribution in [0.5, 0.6) is 5.75 Å². The molecule has 0 spiro atoms. The number of thiophene rings is 1. The van der Waals surface area contributed by atoms with Crippen LogP contribution in [0.25, 0.3) is 21.3 Å². The number of nitrogens with one attached hydrogen (secondary N) is 1. The van der Waals surface area contributed by atoms with Crippen LogP contribution in [0, 0.1) is 12.8 Å². The SMILES string of the molecule is Cc1nc(NC[C@@H]2CCCN(C)C2)nnc1-c1ccc2sccc2c1O. The number of piperidine rings is 1. The molecule has 2 aromatic heterocycles. The van der Waals surface area contributed by atoms with Gasteiger partial charge in [0.2, 0.25) is 5.95 Å². The van der Waals surface area contributed by atoms with E-state index in [2.05, 4.69) is 32.4 Å². The van der Waals surface area contributed by atoms with Gasteiger partial charge in [-0.15, -0.1) is 21.5 Å². The quantitative estimate of drug-likeness (QED) is 0.733. The molecule has 3 aromatic rings. The number of nitrogens with zero attached hydrogens (tertiary/aromatic N) is 4. The number of hydrogen-bond acceptors (Lipinski definition) is 7. The maximum Gasteiger partial charge on any atom is 0.242 e. The first-order valence-corrected chi connectivity index (χ1v) is 9.83. The Kier molecular flexibility index (Phi) is 4.74. The van der Waals surface area contributed by atoms with Gasteiger partial charge in [-0.05, 0) is 62.9 Å². The Hall–Kier alpha value is -2.25. The Labute approximate surface area is 156 Å². The van der Waals surface area contributed by atoms with Crippen LogP contribution in [0.1, 0.15) is 18.5 Å². The van der Waals surface area contributed by atoms with E-state index in [9.17, 15) is 5.11 Å². The van der Waals surface area contributed by atoms with Crippen molar-refractivity contribution in [2.75, 3.05) is 32.0 Å². The second-order valence-electron chi connectivity index (χ2n) is 7.01. The van der Waals surface area contributed by atoms with Crippen LogP contribution in [0.15, 0.2) is 23.6 Å². The number of aromatic hydroxyl groups is 1. The lowest BCUT2D eigenvalue weighted by Gasteiger charge is -2.29. The number of fused-ring (bicyclic) bond motifs is 1. The van der Waals surface area contributed by atoms with Crippen LogP contribution in [0.4, 0.5) is 5.95 Å². The van der Waals surface area contributed by atoms with E-state index in [1.54, 1.807) is 11.3 Å². The fourth-order valence-corrected chi connectivity index (χ4v) is 4.41. The van der Waals surface area contributed by atoms with Crippen molar-refractivity contribution in [1.82, 2.24) is 20.1 Å². The molecule has 0 amide bonds. The third-order valence-electron chi connectivity index (χ3n) is 4.99. The molecular weight excluding hydrogens is 346 g/mol. The van der Waals surface area contributed by atoms with Crippen LogP contribution in [-0.2, 0) is 0 Å². The van der Waals surface area contributed by atoms with E-state index in [0.29, 0.717) is 23.1 Å². The van der Waals surface area contributed by atoms with Crippen molar-refractivity contribution in [2.24, 2.45) is 5.92 Å². The minimum Gasteiger partial charge on any atom is -0.507 e. The highest BCUT2D eigenvalue weighted by molar-refractivity contribution is 7.17. The van der Waals surface area contributed by atoms with Crippen LogP contribution in [0.3, 0.4) is 0 Å². The molecule has 3 heterocycles. The number of likely N-dealkylation sites (tertiary alicyclic amines) is 1. The largest absolute Gasteiger partial charge is 0.507 e. The number of rotatable bonds is 4. The van der Waals surface area contributed by atoms with Crippen LogP contribution < -0.4 is 5.32 Å². The summed E-state index contributed by atoms with van der Waals surface area (Å²) in [6.45, 7) is 5.05. The van der Waals surface area contributed by atoms with Gasteiger partial charge in [0.1, 0.15) is 11.4 Å². The summed E-state index contributed by atoms with van der Waals surface area (Å²) in [7, 11) is 2.17. The lowest BCUT2D eigenvalue weighted by atomic mass is 9.99. The summed E-state index contributed by atoms with van der Waals surface area (Å²) in [6.07, 6.45) is 2.47. The number of aromatic nitrogens is 3. The van der Waals surface area contributed by atoms with E-state index in [1.165, 1.54) is 19.4 Å². The van der Waals surface area contributed by atoms with Gasteiger partial charge in [-0.2, -0.15) is 0 Å². The van der Waals surface area contributed by atoms with Gasteiger partial charge in [0.25, 0.3) is 0 Å². The fraction of sp³-hybridized carbons (Fsp3) is 0.421. The number of anilines is 1. The molecule has 6 nitrogen and oxygen atoms in total. The molecule has 4 rings (SSSR count). The summed E-state index contributed by atoms with van der Waals surface area (Å²) in [5.41, 5.74) is 2.06. The standard InChI is InChI=1S/C19H23N5OS/c1-12-17(15-5-6-16-14(18(15)25)7-9-26-16)22-23-19(21-12)20-10-13-4-3-8-24(2)11-13/h5-7,9,13,25H,3-4,8,10-11H2,1-2H3,(H,20,21,23)/t13-/m0/s1. The third-order valence-corrected chi connectivity index (χ3v) is 5.88. The van der Waals surface area contributed by atoms with Crippen molar-refractivity contribution in [1.29, 1.82) is 0 Å². The molecule has 1 fully saturated rings. The number of phenolic OH excluding ortho intramolecular Hbond substituents is 1. The van der Waals surface area contributed by atoms with Crippen molar-refractivity contribution in [2.45, 2.75) is 19.8 Å². The van der Waals surface area contributed by atoms with E-state index in [1.807, 2.05) is 30.5 Å². The summed E-state index contributed by atoms with van der Waals surface area (Å²) in [5.74, 6) is 1.41. The van der Waals surface area contributed by atoms with Crippen molar-refractivity contribution >= 4 is 27.4 Å². The van der Waals surface area contributed by atoms with E-state index in [0.717, 1.165) is 28.9 Å². The molecule has 0 radical (unpaired) electrons. The van der Waals surface area contributed by atoms with Crippen LogP contribution in [0.2, 0.25) is 0 Å². The van der Waals surface area contributed by atoms with Gasteiger partial charge in [-0.25, -0.2) is 4.98 Å². The Morgan fingerprint density at radius 1 is 1.31 bits per heavy atom. The Morgan fingerprint density at radius 2 is 2.19 bits per heavy atom. The highest BCUT2D eigenvalue weighted by atomic mass is 32.1. The van der Waals surface area contributed by atoms with Crippen molar-refractivity contribution in [3.63, 3.8) is 0 Å². The number of hydrogen-bond donors (Lipinski definition) is 2. The van der Waals surface area contributed by atoms with E-state index >= 15 is 0 Å².